The van der Waals surface area contributed by atoms with Crippen molar-refractivity contribution in [3.8, 4) is 11.4 Å². The second-order valence-corrected chi connectivity index (χ2v) is 6.31. The van der Waals surface area contributed by atoms with Gasteiger partial charge in [0.15, 0.2) is 11.4 Å². The molecule has 0 bridgehead atoms. The molecule has 0 radical (unpaired) electrons. The van der Waals surface area contributed by atoms with E-state index >= 15 is 0 Å². The maximum absolute atomic E-state index is 13.0. The molecular formula is C19H22F3N3O4. The maximum Gasteiger partial charge on any atom is 0.416 e. The summed E-state index contributed by atoms with van der Waals surface area (Å²) in [5.41, 5.74) is -0.772. The maximum atomic E-state index is 13.0. The van der Waals surface area contributed by atoms with Crippen LogP contribution in [0.1, 0.15) is 29.9 Å². The number of aromatic nitrogens is 2. The molecule has 29 heavy (non-hydrogen) atoms. The average Bonchev–Trinajstić information content (AvgIpc) is 3.14. The van der Waals surface area contributed by atoms with Crippen LogP contribution in [0.3, 0.4) is 0 Å². The molecule has 2 aromatic rings. The molecule has 1 amide bonds. The summed E-state index contributed by atoms with van der Waals surface area (Å²) in [6.07, 6.45) is -3.17. The summed E-state index contributed by atoms with van der Waals surface area (Å²) in [5.74, 6) is -1.42. The zero-order chi connectivity index (χ0) is 21.8. The normalized spacial score (nSPS) is 12.4. The van der Waals surface area contributed by atoms with E-state index in [0.717, 1.165) is 16.8 Å². The molecule has 0 aliphatic heterocycles. The van der Waals surface area contributed by atoms with Gasteiger partial charge in [0.2, 0.25) is 0 Å². The smallest absolute Gasteiger partial charge is 0.416 e. The van der Waals surface area contributed by atoms with Crippen LogP contribution in [0, 0.1) is 5.92 Å². The van der Waals surface area contributed by atoms with Crippen LogP contribution >= 0.6 is 0 Å². The Hall–Kier alpha value is -3.04. The Bertz CT molecular complexity index is 880. The first-order valence-corrected chi connectivity index (χ1v) is 8.80. The number of carbonyl (C=O) groups is 2. The number of halogens is 3. The fourth-order valence-electron chi connectivity index (χ4n) is 2.72. The summed E-state index contributed by atoms with van der Waals surface area (Å²) < 4.78 is 49.9. The number of esters is 1. The minimum Gasteiger partial charge on any atom is -0.493 e. The third-order valence-electron chi connectivity index (χ3n) is 4.31. The number of rotatable bonds is 7. The van der Waals surface area contributed by atoms with Gasteiger partial charge in [-0.2, -0.15) is 18.3 Å². The van der Waals surface area contributed by atoms with E-state index in [1.807, 2.05) is 0 Å². The molecule has 1 aromatic heterocycles. The lowest BCUT2D eigenvalue weighted by atomic mass is 10.1. The largest absolute Gasteiger partial charge is 0.493 e. The van der Waals surface area contributed by atoms with Gasteiger partial charge in [-0.1, -0.05) is 13.0 Å². The topological polar surface area (TPSA) is 73.7 Å². The quantitative estimate of drug-likeness (QED) is 0.652. The van der Waals surface area contributed by atoms with Crippen LogP contribution in [0.2, 0.25) is 0 Å². The Morgan fingerprint density at radius 3 is 2.52 bits per heavy atom. The van der Waals surface area contributed by atoms with Crippen LogP contribution in [0.4, 0.5) is 13.2 Å². The predicted octanol–water partition coefficient (Wildman–Crippen LogP) is 3.17. The van der Waals surface area contributed by atoms with Gasteiger partial charge >= 0.3 is 12.1 Å². The number of methoxy groups -OCH3 is 2. The third-order valence-corrected chi connectivity index (χ3v) is 4.31. The van der Waals surface area contributed by atoms with Crippen molar-refractivity contribution in [2.75, 3.05) is 27.3 Å². The molecule has 1 aromatic carbocycles. The van der Waals surface area contributed by atoms with Crippen molar-refractivity contribution < 1.29 is 32.2 Å². The predicted molar refractivity (Wildman–Crippen MR) is 97.9 cm³/mol. The van der Waals surface area contributed by atoms with Gasteiger partial charge in [-0.05, 0) is 25.1 Å². The number of alkyl halides is 3. The molecule has 7 nitrogen and oxygen atoms in total. The first-order chi connectivity index (χ1) is 13.6. The van der Waals surface area contributed by atoms with E-state index in [2.05, 4.69) is 9.84 Å². The van der Waals surface area contributed by atoms with Crippen molar-refractivity contribution in [3.63, 3.8) is 0 Å². The van der Waals surface area contributed by atoms with Crippen LogP contribution in [0.15, 0.2) is 30.5 Å². The second-order valence-electron chi connectivity index (χ2n) is 6.31. The summed E-state index contributed by atoms with van der Waals surface area (Å²) in [6, 6.07) is 4.57. The van der Waals surface area contributed by atoms with Crippen molar-refractivity contribution in [2.45, 2.75) is 20.0 Å². The van der Waals surface area contributed by atoms with E-state index in [-0.39, 0.29) is 23.7 Å². The van der Waals surface area contributed by atoms with Gasteiger partial charge in [-0.15, -0.1) is 0 Å². The van der Waals surface area contributed by atoms with Gasteiger partial charge in [0, 0.05) is 13.1 Å². The SMILES string of the molecule is CCN(CC(C)C(=O)OC)C(=O)c1nn(-c2cccc(C(F)(F)F)c2)cc1OC. The number of hydrogen-bond donors (Lipinski definition) is 0. The van der Waals surface area contributed by atoms with Crippen LogP contribution in [0.25, 0.3) is 5.69 Å². The molecule has 0 N–H and O–H groups in total. The van der Waals surface area contributed by atoms with Crippen LogP contribution < -0.4 is 4.74 Å². The van der Waals surface area contributed by atoms with Crippen molar-refractivity contribution in [1.29, 1.82) is 0 Å². The molecule has 0 spiro atoms. The van der Waals surface area contributed by atoms with Crippen molar-refractivity contribution >= 4 is 11.9 Å². The monoisotopic (exact) mass is 413 g/mol. The number of amides is 1. The Balaban J connectivity index is 2.36. The zero-order valence-electron chi connectivity index (χ0n) is 16.5. The Morgan fingerprint density at radius 1 is 1.28 bits per heavy atom. The summed E-state index contributed by atoms with van der Waals surface area (Å²) in [7, 11) is 2.59. The molecule has 0 aliphatic rings. The van der Waals surface area contributed by atoms with Gasteiger partial charge in [0.05, 0.1) is 37.6 Å². The van der Waals surface area contributed by atoms with Gasteiger partial charge < -0.3 is 14.4 Å². The Labute approximate surface area is 166 Å². The number of ether oxygens (including phenoxy) is 2. The van der Waals surface area contributed by atoms with E-state index in [0.29, 0.717) is 6.54 Å². The lowest BCUT2D eigenvalue weighted by Gasteiger charge is -2.22. The first-order valence-electron chi connectivity index (χ1n) is 8.80. The molecule has 1 heterocycles. The van der Waals surface area contributed by atoms with E-state index in [4.69, 9.17) is 4.74 Å². The molecule has 1 atom stereocenters. The van der Waals surface area contributed by atoms with E-state index in [9.17, 15) is 22.8 Å². The Kier molecular flexibility index (Phi) is 6.89. The number of nitrogens with zero attached hydrogens (tertiary/aromatic N) is 3. The molecule has 1 unspecified atom stereocenters. The fraction of sp³-hybridized carbons (Fsp3) is 0.421. The Morgan fingerprint density at radius 2 is 1.97 bits per heavy atom. The highest BCUT2D eigenvalue weighted by atomic mass is 19.4. The van der Waals surface area contributed by atoms with Crippen LogP contribution in [-0.4, -0.2) is 53.9 Å². The molecule has 10 heteroatoms. The zero-order valence-corrected chi connectivity index (χ0v) is 16.5. The average molecular weight is 413 g/mol. The van der Waals surface area contributed by atoms with Crippen molar-refractivity contribution in [2.24, 2.45) is 5.92 Å². The molecule has 0 saturated carbocycles. The summed E-state index contributed by atoms with van der Waals surface area (Å²) in [4.78, 5) is 26.0. The molecule has 0 fully saturated rings. The molecule has 0 aliphatic carbocycles. The number of carbonyl (C=O) groups excluding carboxylic acids is 2. The van der Waals surface area contributed by atoms with E-state index in [1.54, 1.807) is 13.8 Å². The highest BCUT2D eigenvalue weighted by Gasteiger charge is 2.31. The lowest BCUT2D eigenvalue weighted by molar-refractivity contribution is -0.145. The molecule has 2 rings (SSSR count). The summed E-state index contributed by atoms with van der Waals surface area (Å²) >= 11 is 0. The molecule has 158 valence electrons. The van der Waals surface area contributed by atoms with Crippen molar-refractivity contribution in [1.82, 2.24) is 14.7 Å². The van der Waals surface area contributed by atoms with E-state index in [1.165, 1.54) is 37.4 Å². The molecule has 0 saturated heterocycles. The first kappa shape index (κ1) is 22.3. The minimum atomic E-state index is -4.51. The van der Waals surface area contributed by atoms with Gasteiger partial charge in [0.25, 0.3) is 5.91 Å². The number of benzene rings is 1. The minimum absolute atomic E-state index is 0.0659. The standard InChI is InChI=1S/C19H22F3N3O4/c1-5-24(10-12(2)18(27)29-4)17(26)16-15(28-3)11-25(23-16)14-8-6-7-13(9-14)19(20,21)22/h6-9,11-12H,5,10H2,1-4H3. The van der Waals surface area contributed by atoms with Crippen LogP contribution in [-0.2, 0) is 15.7 Å². The summed E-state index contributed by atoms with van der Waals surface area (Å²) in [5, 5.41) is 4.13. The molecular weight excluding hydrogens is 391 g/mol. The highest BCUT2D eigenvalue weighted by molar-refractivity contribution is 5.95. The number of hydrogen-bond acceptors (Lipinski definition) is 5. The third kappa shape index (κ3) is 5.07. The van der Waals surface area contributed by atoms with Gasteiger partial charge in [-0.3, -0.25) is 9.59 Å². The van der Waals surface area contributed by atoms with E-state index < -0.39 is 29.5 Å². The van der Waals surface area contributed by atoms with Gasteiger partial charge in [-0.25, -0.2) is 4.68 Å². The second kappa shape index (κ2) is 8.97. The van der Waals surface area contributed by atoms with Gasteiger partial charge in [0.1, 0.15) is 0 Å². The highest BCUT2D eigenvalue weighted by Crippen LogP contribution is 2.31. The van der Waals surface area contributed by atoms with Crippen LogP contribution in [0.5, 0.6) is 5.75 Å². The lowest BCUT2D eigenvalue weighted by Crippen LogP contribution is -2.37. The summed E-state index contributed by atoms with van der Waals surface area (Å²) in [6.45, 7) is 3.75. The van der Waals surface area contributed by atoms with Crippen molar-refractivity contribution in [3.05, 3.63) is 41.7 Å². The fourth-order valence-corrected chi connectivity index (χ4v) is 2.72.